The molecule has 1 heterocycles. The number of hydrogen-bond donors (Lipinski definition) is 2. The van der Waals surface area contributed by atoms with Gasteiger partial charge in [0.25, 0.3) is 0 Å². The first-order valence-corrected chi connectivity index (χ1v) is 5.28. The van der Waals surface area contributed by atoms with Gasteiger partial charge in [-0.05, 0) is 28.9 Å². The van der Waals surface area contributed by atoms with Crippen LogP contribution in [0.2, 0.25) is 0 Å². The van der Waals surface area contributed by atoms with Gasteiger partial charge in [-0.1, -0.05) is 0 Å². The SMILES string of the molecule is CC(O)(Cc1cc(Br)cs1)C(=O)O. The van der Waals surface area contributed by atoms with Gasteiger partial charge in [0.1, 0.15) is 0 Å². The van der Waals surface area contributed by atoms with Crippen LogP contribution in [0.4, 0.5) is 0 Å². The van der Waals surface area contributed by atoms with E-state index in [9.17, 15) is 9.90 Å². The molecule has 1 atom stereocenters. The van der Waals surface area contributed by atoms with E-state index in [-0.39, 0.29) is 6.42 Å². The van der Waals surface area contributed by atoms with Crippen molar-refractivity contribution in [2.24, 2.45) is 0 Å². The van der Waals surface area contributed by atoms with Gasteiger partial charge in [0.2, 0.25) is 0 Å². The van der Waals surface area contributed by atoms with Gasteiger partial charge in [-0.3, -0.25) is 0 Å². The number of thiophene rings is 1. The largest absolute Gasteiger partial charge is 0.479 e. The van der Waals surface area contributed by atoms with Crippen molar-refractivity contribution in [3.63, 3.8) is 0 Å². The fraction of sp³-hybridized carbons (Fsp3) is 0.375. The van der Waals surface area contributed by atoms with Crippen LogP contribution in [-0.2, 0) is 11.2 Å². The summed E-state index contributed by atoms with van der Waals surface area (Å²) in [6.45, 7) is 1.29. The zero-order valence-corrected chi connectivity index (χ0v) is 9.35. The highest BCUT2D eigenvalue weighted by Gasteiger charge is 2.30. The van der Waals surface area contributed by atoms with E-state index in [4.69, 9.17) is 5.11 Å². The topological polar surface area (TPSA) is 57.5 Å². The Morgan fingerprint density at radius 3 is 2.77 bits per heavy atom. The summed E-state index contributed by atoms with van der Waals surface area (Å²) < 4.78 is 0.911. The molecule has 1 aromatic rings. The monoisotopic (exact) mass is 264 g/mol. The molecule has 0 aromatic carbocycles. The molecule has 2 N–H and O–H groups in total. The fourth-order valence-corrected chi connectivity index (χ4v) is 2.46. The molecule has 0 amide bonds. The Balaban J connectivity index is 2.74. The number of rotatable bonds is 3. The molecule has 0 aliphatic heterocycles. The minimum Gasteiger partial charge on any atom is -0.479 e. The minimum absolute atomic E-state index is 0.137. The van der Waals surface area contributed by atoms with E-state index >= 15 is 0 Å². The van der Waals surface area contributed by atoms with Crippen LogP contribution in [0.5, 0.6) is 0 Å². The molecule has 5 heteroatoms. The summed E-state index contributed by atoms with van der Waals surface area (Å²) in [5, 5.41) is 20.0. The molecule has 0 aliphatic carbocycles. The van der Waals surface area contributed by atoms with Crippen molar-refractivity contribution in [2.45, 2.75) is 18.9 Å². The molecule has 13 heavy (non-hydrogen) atoms. The van der Waals surface area contributed by atoms with Crippen LogP contribution in [0.25, 0.3) is 0 Å². The number of carboxylic acids is 1. The summed E-state index contributed by atoms with van der Waals surface area (Å²) >= 11 is 4.68. The average molecular weight is 265 g/mol. The van der Waals surface area contributed by atoms with Crippen molar-refractivity contribution in [3.05, 3.63) is 20.8 Å². The second kappa shape index (κ2) is 3.77. The van der Waals surface area contributed by atoms with Gasteiger partial charge in [-0.15, -0.1) is 11.3 Å². The van der Waals surface area contributed by atoms with Crippen molar-refractivity contribution in [1.82, 2.24) is 0 Å². The van der Waals surface area contributed by atoms with Crippen molar-refractivity contribution < 1.29 is 15.0 Å². The molecule has 1 rings (SSSR count). The maximum absolute atomic E-state index is 10.6. The smallest absolute Gasteiger partial charge is 0.335 e. The van der Waals surface area contributed by atoms with Crippen LogP contribution < -0.4 is 0 Å². The zero-order valence-electron chi connectivity index (χ0n) is 6.95. The predicted molar refractivity (Wildman–Crippen MR) is 54.0 cm³/mol. The summed E-state index contributed by atoms with van der Waals surface area (Å²) in [6, 6.07) is 1.81. The lowest BCUT2D eigenvalue weighted by Crippen LogP contribution is -2.36. The number of aliphatic hydroxyl groups is 1. The Bertz CT molecular complexity index is 319. The van der Waals surface area contributed by atoms with E-state index < -0.39 is 11.6 Å². The Morgan fingerprint density at radius 1 is 1.77 bits per heavy atom. The molecular formula is C8H9BrO3S. The lowest BCUT2D eigenvalue weighted by molar-refractivity contribution is -0.156. The van der Waals surface area contributed by atoms with E-state index in [1.54, 1.807) is 0 Å². The van der Waals surface area contributed by atoms with Gasteiger partial charge in [-0.25, -0.2) is 4.79 Å². The summed E-state index contributed by atoms with van der Waals surface area (Å²) in [5.74, 6) is -1.20. The lowest BCUT2D eigenvalue weighted by atomic mass is 10.0. The molecular weight excluding hydrogens is 256 g/mol. The summed E-state index contributed by atoms with van der Waals surface area (Å²) in [4.78, 5) is 11.4. The van der Waals surface area contributed by atoms with Crippen LogP contribution in [-0.4, -0.2) is 21.8 Å². The maximum Gasteiger partial charge on any atom is 0.335 e. The van der Waals surface area contributed by atoms with Gasteiger partial charge in [0, 0.05) is 21.2 Å². The molecule has 1 unspecified atom stereocenters. The zero-order chi connectivity index (χ0) is 10.1. The predicted octanol–water partition coefficient (Wildman–Crippen LogP) is 1.89. The lowest BCUT2D eigenvalue weighted by Gasteiger charge is -2.16. The first-order chi connectivity index (χ1) is 5.92. The second-order valence-electron chi connectivity index (χ2n) is 2.99. The fourth-order valence-electron chi connectivity index (χ4n) is 0.861. The Morgan fingerprint density at radius 2 is 2.38 bits per heavy atom. The summed E-state index contributed by atoms with van der Waals surface area (Å²) in [6.07, 6.45) is 0.137. The van der Waals surface area contributed by atoms with Crippen LogP contribution in [0, 0.1) is 0 Å². The van der Waals surface area contributed by atoms with Crippen LogP contribution in [0.1, 0.15) is 11.8 Å². The molecule has 72 valence electrons. The summed E-state index contributed by atoms with van der Waals surface area (Å²) in [7, 11) is 0. The first kappa shape index (κ1) is 10.7. The molecule has 0 bridgehead atoms. The number of aliphatic carboxylic acids is 1. The average Bonchev–Trinajstić information content (AvgIpc) is 2.34. The van der Waals surface area contributed by atoms with Crippen molar-refractivity contribution >= 4 is 33.2 Å². The van der Waals surface area contributed by atoms with E-state index in [0.717, 1.165) is 9.35 Å². The molecule has 0 spiro atoms. The van der Waals surface area contributed by atoms with E-state index in [1.807, 2.05) is 11.4 Å². The van der Waals surface area contributed by atoms with Crippen LogP contribution >= 0.6 is 27.3 Å². The Labute approximate surface area is 88.1 Å². The number of carbonyl (C=O) groups is 1. The molecule has 3 nitrogen and oxygen atoms in total. The normalized spacial score (nSPS) is 15.3. The molecule has 0 fully saturated rings. The molecule has 0 saturated carbocycles. The van der Waals surface area contributed by atoms with Crippen molar-refractivity contribution in [1.29, 1.82) is 0 Å². The summed E-state index contributed by atoms with van der Waals surface area (Å²) in [5.41, 5.74) is -1.68. The van der Waals surface area contributed by atoms with Gasteiger partial charge < -0.3 is 10.2 Å². The van der Waals surface area contributed by atoms with Crippen LogP contribution in [0.3, 0.4) is 0 Å². The van der Waals surface area contributed by atoms with Crippen LogP contribution in [0.15, 0.2) is 15.9 Å². The third-order valence-corrected chi connectivity index (χ3v) is 3.30. The van der Waals surface area contributed by atoms with Crippen molar-refractivity contribution in [3.8, 4) is 0 Å². The highest BCUT2D eigenvalue weighted by Crippen LogP contribution is 2.23. The molecule has 0 saturated heterocycles. The molecule has 0 aliphatic rings. The minimum atomic E-state index is -1.68. The number of carboxylic acid groups (broad SMARTS) is 1. The number of halogens is 1. The van der Waals surface area contributed by atoms with E-state index in [1.165, 1.54) is 18.3 Å². The highest BCUT2D eigenvalue weighted by atomic mass is 79.9. The maximum atomic E-state index is 10.6. The van der Waals surface area contributed by atoms with Gasteiger partial charge in [0.05, 0.1) is 0 Å². The second-order valence-corrected chi connectivity index (χ2v) is 4.90. The Hall–Kier alpha value is -0.390. The first-order valence-electron chi connectivity index (χ1n) is 3.60. The van der Waals surface area contributed by atoms with Gasteiger partial charge in [-0.2, -0.15) is 0 Å². The van der Waals surface area contributed by atoms with E-state index in [2.05, 4.69) is 15.9 Å². The van der Waals surface area contributed by atoms with Crippen molar-refractivity contribution in [2.75, 3.05) is 0 Å². The molecule has 0 radical (unpaired) electrons. The third-order valence-electron chi connectivity index (χ3n) is 1.60. The van der Waals surface area contributed by atoms with Gasteiger partial charge >= 0.3 is 5.97 Å². The number of hydrogen-bond acceptors (Lipinski definition) is 3. The van der Waals surface area contributed by atoms with Gasteiger partial charge in [0.15, 0.2) is 5.60 Å². The highest BCUT2D eigenvalue weighted by molar-refractivity contribution is 9.10. The van der Waals surface area contributed by atoms with E-state index in [0.29, 0.717) is 0 Å². The third kappa shape index (κ3) is 2.79. The molecule has 1 aromatic heterocycles. The Kier molecular flexibility index (Phi) is 3.10. The standard InChI is InChI=1S/C8H9BrO3S/c1-8(12,7(10)11)3-6-2-5(9)4-13-6/h2,4,12H,3H2,1H3,(H,10,11). The quantitative estimate of drug-likeness (QED) is 0.877.